The van der Waals surface area contributed by atoms with Crippen LogP contribution in [0.4, 0.5) is 11.4 Å². The molecular weight excluding hydrogens is 520 g/mol. The summed E-state index contributed by atoms with van der Waals surface area (Å²) in [7, 11) is 0. The van der Waals surface area contributed by atoms with Crippen LogP contribution in [-0.4, -0.2) is 35.9 Å². The standard InChI is InChI=1S/C33H36N2O6/c1-7-40-25-16-17-26(27(19-25)41-8-2)30(37)28-29(21-12-14-22(15-13-21)33(4,5)6)35(32(39)31(28)38)24-11-9-10-23(18-24)34-20(3)36/h9-19,29,37H,7-8H2,1-6H3,(H,34,36)/b30-28-. The van der Waals surface area contributed by atoms with E-state index in [0.717, 1.165) is 5.56 Å². The first-order valence-corrected chi connectivity index (χ1v) is 13.6. The minimum atomic E-state index is -0.933. The average molecular weight is 557 g/mol. The zero-order valence-electron chi connectivity index (χ0n) is 24.3. The number of aliphatic hydroxyl groups is 1. The molecule has 0 radical (unpaired) electrons. The highest BCUT2D eigenvalue weighted by molar-refractivity contribution is 6.51. The van der Waals surface area contributed by atoms with Gasteiger partial charge in [-0.1, -0.05) is 51.1 Å². The van der Waals surface area contributed by atoms with E-state index in [-0.39, 0.29) is 28.2 Å². The molecule has 1 heterocycles. The number of amides is 2. The second-order valence-electron chi connectivity index (χ2n) is 10.8. The third-order valence-corrected chi connectivity index (χ3v) is 6.80. The van der Waals surface area contributed by atoms with Crippen LogP contribution in [0.15, 0.2) is 72.3 Å². The van der Waals surface area contributed by atoms with Crippen molar-refractivity contribution in [2.24, 2.45) is 0 Å². The van der Waals surface area contributed by atoms with Gasteiger partial charge in [0.15, 0.2) is 0 Å². The van der Waals surface area contributed by atoms with Crippen LogP contribution in [0.2, 0.25) is 0 Å². The molecule has 3 aromatic carbocycles. The van der Waals surface area contributed by atoms with Gasteiger partial charge in [-0.25, -0.2) is 0 Å². The largest absolute Gasteiger partial charge is 0.507 e. The van der Waals surface area contributed by atoms with Gasteiger partial charge in [0.2, 0.25) is 5.91 Å². The number of nitrogens with one attached hydrogen (secondary N) is 1. The van der Waals surface area contributed by atoms with E-state index < -0.39 is 17.7 Å². The number of anilines is 2. The van der Waals surface area contributed by atoms with Gasteiger partial charge in [0.05, 0.1) is 30.4 Å². The molecule has 1 aliphatic heterocycles. The van der Waals surface area contributed by atoms with Gasteiger partial charge in [-0.15, -0.1) is 0 Å². The SMILES string of the molecule is CCOc1ccc(/C(O)=C2/C(=O)C(=O)N(c3cccc(NC(C)=O)c3)C2c2ccc(C(C)(C)C)cc2)c(OCC)c1. The maximum absolute atomic E-state index is 13.7. The fourth-order valence-electron chi connectivity index (χ4n) is 4.89. The van der Waals surface area contributed by atoms with Crippen molar-refractivity contribution in [2.45, 2.75) is 53.0 Å². The lowest BCUT2D eigenvalue weighted by molar-refractivity contribution is -0.132. The minimum Gasteiger partial charge on any atom is -0.507 e. The van der Waals surface area contributed by atoms with Crippen LogP contribution in [-0.2, 0) is 19.8 Å². The number of hydrogen-bond donors (Lipinski definition) is 2. The predicted octanol–water partition coefficient (Wildman–Crippen LogP) is 6.37. The summed E-state index contributed by atoms with van der Waals surface area (Å²) < 4.78 is 11.4. The lowest BCUT2D eigenvalue weighted by Gasteiger charge is -2.27. The third-order valence-electron chi connectivity index (χ3n) is 6.80. The van der Waals surface area contributed by atoms with Gasteiger partial charge in [-0.05, 0) is 60.7 Å². The molecule has 2 N–H and O–H groups in total. The van der Waals surface area contributed by atoms with Crippen LogP contribution in [0.5, 0.6) is 11.5 Å². The van der Waals surface area contributed by atoms with Crippen molar-refractivity contribution < 1.29 is 29.0 Å². The molecule has 41 heavy (non-hydrogen) atoms. The Morgan fingerprint density at radius 1 is 0.951 bits per heavy atom. The molecule has 8 nitrogen and oxygen atoms in total. The maximum atomic E-state index is 13.7. The fourth-order valence-corrected chi connectivity index (χ4v) is 4.89. The van der Waals surface area contributed by atoms with Crippen molar-refractivity contribution in [1.82, 2.24) is 0 Å². The summed E-state index contributed by atoms with van der Waals surface area (Å²) in [6.07, 6.45) is 0. The molecule has 0 spiro atoms. The number of carbonyl (C=O) groups is 3. The summed E-state index contributed by atoms with van der Waals surface area (Å²) >= 11 is 0. The van der Waals surface area contributed by atoms with Crippen molar-refractivity contribution in [3.63, 3.8) is 0 Å². The van der Waals surface area contributed by atoms with E-state index in [2.05, 4.69) is 26.1 Å². The molecule has 0 aromatic heterocycles. The van der Waals surface area contributed by atoms with Crippen molar-refractivity contribution in [3.8, 4) is 11.5 Å². The van der Waals surface area contributed by atoms with E-state index >= 15 is 0 Å². The summed E-state index contributed by atoms with van der Waals surface area (Å²) in [5.74, 6) is -1.35. The van der Waals surface area contributed by atoms with Gasteiger partial charge in [0.1, 0.15) is 17.3 Å². The summed E-state index contributed by atoms with van der Waals surface area (Å²) in [5.41, 5.74) is 2.71. The second kappa shape index (κ2) is 11.9. The third kappa shape index (κ3) is 6.11. The first-order chi connectivity index (χ1) is 19.5. The Balaban J connectivity index is 1.94. The Labute approximate surface area is 240 Å². The van der Waals surface area contributed by atoms with Crippen molar-refractivity contribution in [1.29, 1.82) is 0 Å². The van der Waals surface area contributed by atoms with Crippen molar-refractivity contribution in [3.05, 3.63) is 89.0 Å². The number of nitrogens with zero attached hydrogens (tertiary/aromatic N) is 1. The summed E-state index contributed by atoms with van der Waals surface area (Å²) in [5, 5.41) is 14.4. The maximum Gasteiger partial charge on any atom is 0.300 e. The van der Waals surface area contributed by atoms with Gasteiger partial charge in [-0.3, -0.25) is 19.3 Å². The summed E-state index contributed by atoms with van der Waals surface area (Å²) in [4.78, 5) is 40.4. The molecule has 1 unspecified atom stereocenters. The van der Waals surface area contributed by atoms with Crippen LogP contribution in [0.1, 0.15) is 64.3 Å². The van der Waals surface area contributed by atoms with Crippen LogP contribution < -0.4 is 19.7 Å². The molecule has 3 aromatic rings. The number of ketones is 1. The first kappa shape index (κ1) is 29.4. The normalized spacial score (nSPS) is 16.5. The quantitative estimate of drug-likeness (QED) is 0.190. The van der Waals surface area contributed by atoms with E-state index in [4.69, 9.17) is 9.47 Å². The lowest BCUT2D eigenvalue weighted by atomic mass is 9.85. The molecule has 1 atom stereocenters. The highest BCUT2D eigenvalue weighted by atomic mass is 16.5. The number of ether oxygens (including phenoxy) is 2. The Bertz CT molecular complexity index is 1500. The molecule has 2 amide bonds. The highest BCUT2D eigenvalue weighted by Gasteiger charge is 2.47. The lowest BCUT2D eigenvalue weighted by Crippen LogP contribution is -2.29. The molecule has 4 rings (SSSR count). The first-order valence-electron chi connectivity index (χ1n) is 13.6. The molecule has 0 bridgehead atoms. The van der Waals surface area contributed by atoms with E-state index in [9.17, 15) is 19.5 Å². The van der Waals surface area contributed by atoms with Crippen molar-refractivity contribution in [2.75, 3.05) is 23.4 Å². The van der Waals surface area contributed by atoms with Gasteiger partial charge in [0, 0.05) is 24.4 Å². The van der Waals surface area contributed by atoms with Gasteiger partial charge in [0.25, 0.3) is 11.7 Å². The fraction of sp³-hybridized carbons (Fsp3) is 0.303. The molecule has 214 valence electrons. The molecular formula is C33H36N2O6. The van der Waals surface area contributed by atoms with Crippen LogP contribution >= 0.6 is 0 Å². The molecule has 1 aliphatic rings. The molecule has 0 aliphatic carbocycles. The number of rotatable bonds is 8. The van der Waals surface area contributed by atoms with Gasteiger partial charge in [-0.2, -0.15) is 0 Å². The van der Waals surface area contributed by atoms with Crippen molar-refractivity contribution >= 4 is 34.7 Å². The van der Waals surface area contributed by atoms with Gasteiger partial charge >= 0.3 is 0 Å². The average Bonchev–Trinajstić information content (AvgIpc) is 3.18. The molecule has 8 heteroatoms. The number of carbonyl (C=O) groups excluding carboxylic acids is 3. The number of hydrogen-bond acceptors (Lipinski definition) is 6. The second-order valence-corrected chi connectivity index (χ2v) is 10.8. The predicted molar refractivity (Wildman–Crippen MR) is 159 cm³/mol. The highest BCUT2D eigenvalue weighted by Crippen LogP contribution is 2.44. The monoisotopic (exact) mass is 556 g/mol. The number of benzene rings is 3. The van der Waals surface area contributed by atoms with Crippen LogP contribution in [0.25, 0.3) is 5.76 Å². The Morgan fingerprint density at radius 3 is 2.24 bits per heavy atom. The van der Waals surface area contributed by atoms with E-state index in [1.807, 2.05) is 38.1 Å². The topological polar surface area (TPSA) is 105 Å². The van der Waals surface area contributed by atoms with E-state index in [0.29, 0.717) is 41.7 Å². The summed E-state index contributed by atoms with van der Waals surface area (Å²) in [6.45, 7) is 12.1. The molecule has 0 saturated carbocycles. The minimum absolute atomic E-state index is 0.0615. The van der Waals surface area contributed by atoms with E-state index in [1.54, 1.807) is 42.5 Å². The van der Waals surface area contributed by atoms with E-state index in [1.165, 1.54) is 11.8 Å². The zero-order chi connectivity index (χ0) is 29.9. The number of Topliss-reactive ketones (excluding diaryl/α,β-unsaturated/α-hetero) is 1. The summed E-state index contributed by atoms with van der Waals surface area (Å²) in [6, 6.07) is 18.4. The number of aliphatic hydroxyl groups excluding tert-OH is 1. The Hall–Kier alpha value is -4.59. The zero-order valence-corrected chi connectivity index (χ0v) is 24.3. The molecule has 1 fully saturated rings. The molecule has 1 saturated heterocycles. The van der Waals surface area contributed by atoms with Crippen LogP contribution in [0, 0.1) is 0 Å². The Kier molecular flexibility index (Phi) is 8.52. The Morgan fingerprint density at radius 2 is 1.63 bits per heavy atom. The van der Waals surface area contributed by atoms with Crippen LogP contribution in [0.3, 0.4) is 0 Å². The smallest absolute Gasteiger partial charge is 0.300 e. The van der Waals surface area contributed by atoms with Gasteiger partial charge < -0.3 is 19.9 Å².